The van der Waals surface area contributed by atoms with E-state index in [-0.39, 0.29) is 51.9 Å². The summed E-state index contributed by atoms with van der Waals surface area (Å²) in [7, 11) is 1.41. The predicted octanol–water partition coefficient (Wildman–Crippen LogP) is 5.52. The molecule has 0 radical (unpaired) electrons. The molecule has 3 N–H and O–H groups in total. The Morgan fingerprint density at radius 1 is 1.02 bits per heavy atom. The summed E-state index contributed by atoms with van der Waals surface area (Å²) in [4.78, 5) is 62.4. The molecule has 1 atom stereocenters. The number of fused-ring (bicyclic) bond motifs is 1. The van der Waals surface area contributed by atoms with Crippen LogP contribution in [0.5, 0.6) is 6.01 Å². The lowest BCUT2D eigenvalue weighted by atomic mass is 10.00. The van der Waals surface area contributed by atoms with Gasteiger partial charge in [0.25, 0.3) is 17.4 Å². The molecule has 1 unspecified atom stereocenters. The molecule has 0 saturated heterocycles. The van der Waals surface area contributed by atoms with Crippen molar-refractivity contribution in [2.45, 2.75) is 58.6 Å². The van der Waals surface area contributed by atoms with Gasteiger partial charge in [0.1, 0.15) is 16.8 Å². The lowest BCUT2D eigenvalue weighted by molar-refractivity contribution is -0.154. The molecule has 11 nitrogen and oxygen atoms in total. The largest absolute Gasteiger partial charge is 0.467 e. The van der Waals surface area contributed by atoms with Gasteiger partial charge in [0.05, 0.1) is 29.6 Å². The maximum atomic E-state index is 13.4. The molecule has 44 heavy (non-hydrogen) atoms. The summed E-state index contributed by atoms with van der Waals surface area (Å²) in [5.74, 6) is -1.44. The van der Waals surface area contributed by atoms with Crippen LogP contribution in [-0.2, 0) is 9.53 Å². The molecular formula is C32H34ClN5O6. The summed E-state index contributed by atoms with van der Waals surface area (Å²) in [6, 6.07) is 15.0. The van der Waals surface area contributed by atoms with E-state index in [1.54, 1.807) is 6.92 Å². The number of esters is 1. The Bertz CT molecular complexity index is 1750. The van der Waals surface area contributed by atoms with Crippen LogP contribution in [0.2, 0.25) is 5.02 Å². The maximum Gasteiger partial charge on any atom is 0.318 e. The summed E-state index contributed by atoms with van der Waals surface area (Å²) >= 11 is 6.36. The number of hydrogen-bond donors (Lipinski definition) is 3. The monoisotopic (exact) mass is 619 g/mol. The first-order valence-electron chi connectivity index (χ1n) is 14.0. The molecule has 2 heterocycles. The molecule has 2 aromatic heterocycles. The number of carbonyl (C=O) groups excluding carboxylic acids is 3. The van der Waals surface area contributed by atoms with Crippen LogP contribution in [-0.4, -0.2) is 45.4 Å². The van der Waals surface area contributed by atoms with Crippen molar-refractivity contribution in [1.82, 2.24) is 20.3 Å². The molecule has 0 aliphatic rings. The van der Waals surface area contributed by atoms with Crippen LogP contribution in [0.4, 0.5) is 5.69 Å². The third-order valence-electron chi connectivity index (χ3n) is 6.59. The van der Waals surface area contributed by atoms with Gasteiger partial charge < -0.3 is 25.1 Å². The molecular weight excluding hydrogens is 586 g/mol. The fraction of sp³-hybridized carbons (Fsp3) is 0.312. The van der Waals surface area contributed by atoms with Crippen LogP contribution in [0, 0.1) is 6.92 Å². The number of hydrogen-bond acceptors (Lipinski definition) is 8. The molecule has 0 spiro atoms. The third-order valence-corrected chi connectivity index (χ3v) is 6.92. The van der Waals surface area contributed by atoms with Gasteiger partial charge in [0.15, 0.2) is 0 Å². The number of amides is 2. The second kappa shape index (κ2) is 13.7. The van der Waals surface area contributed by atoms with E-state index in [2.05, 4.69) is 25.6 Å². The van der Waals surface area contributed by atoms with Crippen LogP contribution >= 0.6 is 11.6 Å². The normalized spacial score (nSPS) is 12.0. The van der Waals surface area contributed by atoms with E-state index in [4.69, 9.17) is 21.1 Å². The Morgan fingerprint density at radius 2 is 1.75 bits per heavy atom. The molecule has 2 amide bonds. The van der Waals surface area contributed by atoms with Crippen molar-refractivity contribution in [3.63, 3.8) is 0 Å². The molecule has 0 saturated carbocycles. The van der Waals surface area contributed by atoms with Crippen molar-refractivity contribution >= 4 is 46.1 Å². The van der Waals surface area contributed by atoms with Crippen molar-refractivity contribution in [2.75, 3.05) is 12.4 Å². The van der Waals surface area contributed by atoms with Gasteiger partial charge in [-0.15, -0.1) is 0 Å². The number of nitrogens with one attached hydrogen (secondary N) is 3. The Morgan fingerprint density at radius 3 is 2.43 bits per heavy atom. The minimum Gasteiger partial charge on any atom is -0.467 e. The molecule has 4 rings (SSSR count). The summed E-state index contributed by atoms with van der Waals surface area (Å²) in [6.07, 6.45) is 1.20. The van der Waals surface area contributed by atoms with Crippen LogP contribution in [0.25, 0.3) is 11.0 Å². The van der Waals surface area contributed by atoms with Crippen molar-refractivity contribution in [3.05, 3.63) is 92.4 Å². The van der Waals surface area contributed by atoms with Crippen LogP contribution in [0.3, 0.4) is 0 Å². The number of carbonyl (C=O) groups is 3. The van der Waals surface area contributed by atoms with E-state index in [1.165, 1.54) is 31.4 Å². The Kier molecular flexibility index (Phi) is 10.00. The van der Waals surface area contributed by atoms with E-state index >= 15 is 0 Å². The average molecular weight is 620 g/mol. The second-order valence-corrected chi connectivity index (χ2v) is 11.5. The number of benzene rings is 2. The predicted molar refractivity (Wildman–Crippen MR) is 167 cm³/mol. The smallest absolute Gasteiger partial charge is 0.318 e. The number of rotatable bonds is 10. The highest BCUT2D eigenvalue weighted by atomic mass is 35.5. The first-order chi connectivity index (χ1) is 20.8. The molecule has 4 aromatic rings. The van der Waals surface area contributed by atoms with Crippen LogP contribution in [0.1, 0.15) is 78.0 Å². The second-order valence-electron chi connectivity index (χ2n) is 11.1. The Hall–Kier alpha value is -4.77. The Balaban J connectivity index is 1.51. The number of methoxy groups -OCH3 is 1. The van der Waals surface area contributed by atoms with Gasteiger partial charge in [-0.3, -0.25) is 19.2 Å². The van der Waals surface area contributed by atoms with Gasteiger partial charge >= 0.3 is 12.0 Å². The average Bonchev–Trinajstić information content (AvgIpc) is 2.96. The highest BCUT2D eigenvalue weighted by Crippen LogP contribution is 2.26. The molecule has 2 aromatic carbocycles. The van der Waals surface area contributed by atoms with E-state index in [1.807, 2.05) is 51.1 Å². The highest BCUT2D eigenvalue weighted by molar-refractivity contribution is 6.34. The first kappa shape index (κ1) is 32.2. The van der Waals surface area contributed by atoms with Crippen LogP contribution < -0.4 is 20.9 Å². The zero-order chi connectivity index (χ0) is 32.0. The number of anilines is 1. The number of pyridine rings is 1. The SMILES string of the molecule is COc1nc(C)c2cc(C(=O)Nc3cc(C(=O)NC(CCCC(=O)OC(C)(C)C)c4ccccc4)ccc3Cl)c(=O)[nH]c2n1. The number of aryl methyl sites for hydroxylation is 1. The third kappa shape index (κ3) is 8.19. The number of aromatic amines is 1. The zero-order valence-corrected chi connectivity index (χ0v) is 25.9. The fourth-order valence-electron chi connectivity index (χ4n) is 4.51. The van der Waals surface area contributed by atoms with Crippen molar-refractivity contribution in [1.29, 1.82) is 0 Å². The minimum atomic E-state index is -0.730. The lowest BCUT2D eigenvalue weighted by Gasteiger charge is -2.21. The van der Waals surface area contributed by atoms with Gasteiger partial charge in [-0.2, -0.15) is 9.97 Å². The van der Waals surface area contributed by atoms with E-state index < -0.39 is 23.0 Å². The molecule has 0 aliphatic carbocycles. The molecule has 0 bridgehead atoms. The molecule has 230 valence electrons. The molecule has 0 aliphatic heterocycles. The van der Waals surface area contributed by atoms with Gasteiger partial charge in [-0.1, -0.05) is 41.9 Å². The minimum absolute atomic E-state index is 0.0854. The molecule has 12 heteroatoms. The standard InChI is InChI=1S/C32H34ClN5O6/c1-18-21-17-22(30(42)37-27(21)38-31(34-18)43-5)29(41)36-25-16-20(14-15-23(25)33)28(40)35-24(19-10-7-6-8-11-19)12-9-13-26(39)44-32(2,3)4/h6-8,10-11,14-17,24H,9,12-13H2,1-5H3,(H,35,40)(H,36,41)(H,34,37,38,42). The summed E-state index contributed by atoms with van der Waals surface area (Å²) in [6.45, 7) is 7.14. The van der Waals surface area contributed by atoms with Crippen LogP contribution in [0.15, 0.2) is 59.4 Å². The summed E-state index contributed by atoms with van der Waals surface area (Å²) < 4.78 is 10.4. The highest BCUT2D eigenvalue weighted by Gasteiger charge is 2.21. The lowest BCUT2D eigenvalue weighted by Crippen LogP contribution is -2.29. The number of nitrogens with zero attached hydrogens (tertiary/aromatic N) is 2. The van der Waals surface area contributed by atoms with E-state index in [9.17, 15) is 19.2 Å². The van der Waals surface area contributed by atoms with E-state index in [0.717, 1.165) is 5.56 Å². The van der Waals surface area contributed by atoms with Gasteiger partial charge in [0, 0.05) is 17.4 Å². The van der Waals surface area contributed by atoms with Crippen molar-refractivity contribution < 1.29 is 23.9 Å². The number of H-pyrrole nitrogens is 1. The van der Waals surface area contributed by atoms with Crippen molar-refractivity contribution in [3.8, 4) is 6.01 Å². The fourth-order valence-corrected chi connectivity index (χ4v) is 4.68. The van der Waals surface area contributed by atoms with Gasteiger partial charge in [-0.05, 0) is 70.4 Å². The van der Waals surface area contributed by atoms with Gasteiger partial charge in [-0.25, -0.2) is 0 Å². The number of ether oxygens (including phenoxy) is 2. The number of halogens is 1. The topological polar surface area (TPSA) is 152 Å². The summed E-state index contributed by atoms with van der Waals surface area (Å²) in [5.41, 5.74) is 0.565. The number of aromatic nitrogens is 3. The Labute approximate surface area is 259 Å². The quantitative estimate of drug-likeness (QED) is 0.196. The van der Waals surface area contributed by atoms with E-state index in [0.29, 0.717) is 23.9 Å². The maximum absolute atomic E-state index is 13.4. The zero-order valence-electron chi connectivity index (χ0n) is 25.1. The summed E-state index contributed by atoms with van der Waals surface area (Å²) in [5, 5.41) is 6.29. The molecule has 0 fully saturated rings. The van der Waals surface area contributed by atoms with Crippen molar-refractivity contribution in [2.24, 2.45) is 0 Å². The van der Waals surface area contributed by atoms with Gasteiger partial charge in [0.2, 0.25) is 0 Å². The first-order valence-corrected chi connectivity index (χ1v) is 14.4.